The minimum atomic E-state index is -3.48. The molecule has 0 radical (unpaired) electrons. The van der Waals surface area contributed by atoms with E-state index >= 15 is 0 Å². The van der Waals surface area contributed by atoms with Gasteiger partial charge < -0.3 is 10.8 Å². The number of hydrogen-bond acceptors (Lipinski definition) is 4. The van der Waals surface area contributed by atoms with Crippen molar-refractivity contribution in [3.8, 4) is 0 Å². The molecule has 2 aliphatic rings. The van der Waals surface area contributed by atoms with Crippen LogP contribution in [0.3, 0.4) is 0 Å². The Labute approximate surface area is 141 Å². The molecule has 0 heterocycles. The van der Waals surface area contributed by atoms with E-state index in [1.807, 2.05) is 27.7 Å². The van der Waals surface area contributed by atoms with Gasteiger partial charge in [-0.25, -0.2) is 8.42 Å². The zero-order valence-electron chi connectivity index (χ0n) is 15.5. The highest BCUT2D eigenvalue weighted by Gasteiger charge is 2.71. The number of fused-ring (bicyclic) bond motifs is 2. The Morgan fingerprint density at radius 3 is 2.13 bits per heavy atom. The van der Waals surface area contributed by atoms with Crippen LogP contribution in [0.15, 0.2) is 0 Å². The summed E-state index contributed by atoms with van der Waals surface area (Å²) in [7, 11) is -3.48. The quantitative estimate of drug-likeness (QED) is 0.770. The van der Waals surface area contributed by atoms with Crippen molar-refractivity contribution in [2.75, 3.05) is 12.3 Å². The Morgan fingerprint density at radius 1 is 1.22 bits per heavy atom. The normalized spacial score (nSPS) is 36.6. The highest BCUT2D eigenvalue weighted by Crippen LogP contribution is 2.70. The van der Waals surface area contributed by atoms with E-state index in [9.17, 15) is 13.5 Å². The first-order valence-corrected chi connectivity index (χ1v) is 10.4. The fraction of sp³-hybridized carbons (Fsp3) is 1.00. The molecule has 5 nitrogen and oxygen atoms in total. The van der Waals surface area contributed by atoms with E-state index in [1.165, 1.54) is 0 Å². The van der Waals surface area contributed by atoms with E-state index in [2.05, 4.69) is 13.8 Å². The van der Waals surface area contributed by atoms with Gasteiger partial charge in [-0.2, -0.15) is 4.31 Å². The first kappa shape index (κ1) is 19.2. The van der Waals surface area contributed by atoms with Gasteiger partial charge in [0.25, 0.3) is 0 Å². The van der Waals surface area contributed by atoms with Crippen LogP contribution in [0, 0.1) is 16.7 Å². The lowest BCUT2D eigenvalue weighted by Gasteiger charge is -2.48. The topological polar surface area (TPSA) is 83.6 Å². The van der Waals surface area contributed by atoms with Crippen molar-refractivity contribution in [1.82, 2.24) is 4.31 Å². The molecule has 2 aliphatic carbocycles. The molecule has 6 heteroatoms. The maximum Gasteiger partial charge on any atom is 0.215 e. The summed E-state index contributed by atoms with van der Waals surface area (Å²) in [6.45, 7) is 12.0. The van der Waals surface area contributed by atoms with Gasteiger partial charge in [-0.1, -0.05) is 13.8 Å². The van der Waals surface area contributed by atoms with Crippen LogP contribution < -0.4 is 5.73 Å². The Bertz CT molecular complexity index is 550. The number of sulfonamides is 1. The number of hydrogen-bond donors (Lipinski definition) is 2. The second-order valence-corrected chi connectivity index (χ2v) is 10.6. The first-order chi connectivity index (χ1) is 10.3. The summed E-state index contributed by atoms with van der Waals surface area (Å²) >= 11 is 0. The van der Waals surface area contributed by atoms with Crippen molar-refractivity contribution in [3.05, 3.63) is 0 Å². The van der Waals surface area contributed by atoms with E-state index in [1.54, 1.807) is 4.31 Å². The average Bonchev–Trinajstić information content (AvgIpc) is 2.69. The molecule has 0 saturated heterocycles. The molecule has 0 spiro atoms. The summed E-state index contributed by atoms with van der Waals surface area (Å²) in [5.74, 6) is 0.339. The molecule has 0 amide bonds. The van der Waals surface area contributed by atoms with E-state index < -0.39 is 21.0 Å². The summed E-state index contributed by atoms with van der Waals surface area (Å²) in [6.07, 6.45) is 2.34. The maximum absolute atomic E-state index is 13.2. The predicted octanol–water partition coefficient (Wildman–Crippen LogP) is 1.95. The van der Waals surface area contributed by atoms with E-state index in [0.29, 0.717) is 12.3 Å². The average molecular weight is 347 g/mol. The van der Waals surface area contributed by atoms with Gasteiger partial charge in [0.2, 0.25) is 10.0 Å². The zero-order chi connectivity index (χ0) is 17.8. The summed E-state index contributed by atoms with van der Waals surface area (Å²) < 4.78 is 28.0. The third-order valence-electron chi connectivity index (χ3n) is 6.75. The van der Waals surface area contributed by atoms with Crippen LogP contribution >= 0.6 is 0 Å². The molecular formula is C17H34N2O3S. The van der Waals surface area contributed by atoms with Crippen LogP contribution in [-0.2, 0) is 10.0 Å². The van der Waals surface area contributed by atoms with Gasteiger partial charge in [0.05, 0.1) is 11.4 Å². The van der Waals surface area contributed by atoms with E-state index in [-0.39, 0.29) is 29.8 Å². The standard InChI is InChI=1S/C17H34N2O3S/c1-12(2)19(13(3)4)23(21,22)11-16-8-7-14(15(16,5)6)9-17(16,20)10-18/h12-14,20H,7-11,18H2,1-6H3/t14?,16?,17-/m0/s1. The summed E-state index contributed by atoms with van der Waals surface area (Å²) in [5.41, 5.74) is 3.97. The van der Waals surface area contributed by atoms with Crippen LogP contribution in [0.25, 0.3) is 0 Å². The van der Waals surface area contributed by atoms with Crippen molar-refractivity contribution in [3.63, 3.8) is 0 Å². The van der Waals surface area contributed by atoms with Crippen LogP contribution in [0.1, 0.15) is 60.8 Å². The molecule has 2 saturated carbocycles. The third-order valence-corrected chi connectivity index (χ3v) is 9.10. The lowest BCUT2D eigenvalue weighted by molar-refractivity contribution is -0.0799. The fourth-order valence-electron chi connectivity index (χ4n) is 5.58. The SMILES string of the molecule is CC(C)N(C(C)C)S(=O)(=O)CC12CCC(C[C@]1(O)CN)C2(C)C. The van der Waals surface area contributed by atoms with E-state index in [4.69, 9.17) is 5.73 Å². The van der Waals surface area contributed by atoms with Gasteiger partial charge in [0.15, 0.2) is 0 Å². The molecular weight excluding hydrogens is 312 g/mol. The third kappa shape index (κ3) is 2.57. The minimum absolute atomic E-state index is 0.00639. The molecule has 2 rings (SSSR count). The zero-order valence-corrected chi connectivity index (χ0v) is 16.3. The summed E-state index contributed by atoms with van der Waals surface area (Å²) in [4.78, 5) is 0. The van der Waals surface area contributed by atoms with Crippen LogP contribution in [0.2, 0.25) is 0 Å². The minimum Gasteiger partial charge on any atom is -0.388 e. The van der Waals surface area contributed by atoms with Crippen molar-refractivity contribution in [2.45, 2.75) is 78.5 Å². The summed E-state index contributed by atoms with van der Waals surface area (Å²) in [5, 5.41) is 11.2. The first-order valence-electron chi connectivity index (χ1n) is 8.78. The van der Waals surface area contributed by atoms with Gasteiger partial charge in [-0.05, 0) is 58.3 Å². The molecule has 2 fully saturated rings. The molecule has 3 atom stereocenters. The lowest BCUT2D eigenvalue weighted by Crippen LogP contribution is -2.59. The molecule has 0 aromatic rings. The van der Waals surface area contributed by atoms with Gasteiger partial charge in [0, 0.05) is 24.0 Å². The Balaban J connectivity index is 2.47. The van der Waals surface area contributed by atoms with Crippen molar-refractivity contribution in [2.24, 2.45) is 22.5 Å². The number of rotatable bonds is 6. The molecule has 0 aromatic carbocycles. The Kier molecular flexibility index (Phi) is 4.73. The highest BCUT2D eigenvalue weighted by atomic mass is 32.2. The Morgan fingerprint density at radius 2 is 1.74 bits per heavy atom. The highest BCUT2D eigenvalue weighted by molar-refractivity contribution is 7.89. The van der Waals surface area contributed by atoms with Crippen molar-refractivity contribution >= 4 is 10.0 Å². The molecule has 0 aliphatic heterocycles. The van der Waals surface area contributed by atoms with Crippen LogP contribution in [0.5, 0.6) is 0 Å². The molecule has 2 unspecified atom stereocenters. The molecule has 2 bridgehead atoms. The number of aliphatic hydroxyl groups is 1. The molecule has 3 N–H and O–H groups in total. The second-order valence-electron chi connectivity index (χ2n) is 8.75. The second kappa shape index (κ2) is 5.68. The van der Waals surface area contributed by atoms with Crippen LogP contribution in [-0.4, -0.2) is 47.8 Å². The molecule has 23 heavy (non-hydrogen) atoms. The van der Waals surface area contributed by atoms with Gasteiger partial charge >= 0.3 is 0 Å². The molecule has 136 valence electrons. The van der Waals surface area contributed by atoms with E-state index in [0.717, 1.165) is 12.8 Å². The molecule has 0 aromatic heterocycles. The number of nitrogens with zero attached hydrogens (tertiary/aromatic N) is 1. The van der Waals surface area contributed by atoms with Gasteiger partial charge in [-0.15, -0.1) is 0 Å². The summed E-state index contributed by atoms with van der Waals surface area (Å²) in [6, 6.07) is -0.187. The van der Waals surface area contributed by atoms with Gasteiger partial charge in [-0.3, -0.25) is 0 Å². The van der Waals surface area contributed by atoms with Crippen molar-refractivity contribution in [1.29, 1.82) is 0 Å². The monoisotopic (exact) mass is 346 g/mol. The number of nitrogens with two attached hydrogens (primary N) is 1. The van der Waals surface area contributed by atoms with Gasteiger partial charge in [0.1, 0.15) is 0 Å². The predicted molar refractivity (Wildman–Crippen MR) is 93.5 cm³/mol. The largest absolute Gasteiger partial charge is 0.388 e. The van der Waals surface area contributed by atoms with Crippen molar-refractivity contribution < 1.29 is 13.5 Å². The lowest BCUT2D eigenvalue weighted by atomic mass is 9.64. The smallest absolute Gasteiger partial charge is 0.215 e. The fourth-order valence-corrected chi connectivity index (χ4v) is 8.42. The Hall–Kier alpha value is -0.170. The van der Waals surface area contributed by atoms with Crippen LogP contribution in [0.4, 0.5) is 0 Å². The maximum atomic E-state index is 13.2.